The maximum atomic E-state index is 6.33. The highest BCUT2D eigenvalue weighted by Gasteiger charge is 2.33. The summed E-state index contributed by atoms with van der Waals surface area (Å²) in [5, 5.41) is 3.33. The summed E-state index contributed by atoms with van der Waals surface area (Å²) in [5.41, 5.74) is 6.12. The van der Waals surface area contributed by atoms with Gasteiger partial charge in [-0.2, -0.15) is 0 Å². The molecule has 1 aliphatic rings. The van der Waals surface area contributed by atoms with E-state index < -0.39 is 0 Å². The first-order valence-electron chi connectivity index (χ1n) is 5.53. The quantitative estimate of drug-likeness (QED) is 0.561. The summed E-state index contributed by atoms with van der Waals surface area (Å²) in [6.45, 7) is 6.49. The molecule has 14 heavy (non-hydrogen) atoms. The van der Waals surface area contributed by atoms with Gasteiger partial charge in [-0.05, 0) is 26.2 Å². The second kappa shape index (κ2) is 5.31. The van der Waals surface area contributed by atoms with Gasteiger partial charge in [-0.3, -0.25) is 10.2 Å². The van der Waals surface area contributed by atoms with Crippen molar-refractivity contribution < 1.29 is 0 Å². The third kappa shape index (κ3) is 2.60. The molecule has 0 aliphatic carbocycles. The Morgan fingerprint density at radius 1 is 1.50 bits per heavy atom. The van der Waals surface area contributed by atoms with Crippen molar-refractivity contribution in [3.63, 3.8) is 0 Å². The Kier molecular flexibility index (Phi) is 4.64. The lowest BCUT2D eigenvalue weighted by Crippen LogP contribution is -2.64. The molecule has 1 fully saturated rings. The van der Waals surface area contributed by atoms with E-state index in [-0.39, 0.29) is 11.8 Å². The number of alkyl halides is 1. The van der Waals surface area contributed by atoms with Gasteiger partial charge in [0, 0.05) is 12.1 Å². The van der Waals surface area contributed by atoms with Gasteiger partial charge in [-0.1, -0.05) is 13.8 Å². The zero-order valence-corrected chi connectivity index (χ0v) is 10.1. The smallest absolute Gasteiger partial charge is 0.113 e. The van der Waals surface area contributed by atoms with Gasteiger partial charge in [-0.25, -0.2) is 0 Å². The first-order chi connectivity index (χ1) is 6.60. The number of hydrogen-bond acceptors (Lipinski definition) is 3. The third-order valence-electron chi connectivity index (χ3n) is 3.01. The van der Waals surface area contributed by atoms with Crippen LogP contribution < -0.4 is 11.1 Å². The number of nitrogens with zero attached hydrogens (tertiary/aromatic N) is 1. The maximum Gasteiger partial charge on any atom is 0.113 e. The van der Waals surface area contributed by atoms with Gasteiger partial charge < -0.3 is 5.73 Å². The van der Waals surface area contributed by atoms with Crippen LogP contribution in [0.3, 0.4) is 0 Å². The normalized spacial score (nSPS) is 35.1. The van der Waals surface area contributed by atoms with Gasteiger partial charge in [0.15, 0.2) is 0 Å². The van der Waals surface area contributed by atoms with Crippen LogP contribution in [0, 0.1) is 0 Å². The first-order valence-corrected chi connectivity index (χ1v) is 5.96. The number of rotatable bonds is 3. The lowest BCUT2D eigenvalue weighted by Gasteiger charge is -2.44. The molecule has 1 rings (SSSR count). The zero-order valence-electron chi connectivity index (χ0n) is 9.33. The Morgan fingerprint density at radius 2 is 2.07 bits per heavy atom. The average molecular weight is 220 g/mol. The van der Waals surface area contributed by atoms with E-state index in [1.54, 1.807) is 0 Å². The number of hydrogen-bond donors (Lipinski definition) is 2. The monoisotopic (exact) mass is 219 g/mol. The topological polar surface area (TPSA) is 41.3 Å². The highest BCUT2D eigenvalue weighted by Crippen LogP contribution is 2.23. The van der Waals surface area contributed by atoms with E-state index >= 15 is 0 Å². The fourth-order valence-corrected chi connectivity index (χ4v) is 2.75. The molecular formula is C10H22ClN3. The largest absolute Gasteiger partial charge is 0.303 e. The Hall–Kier alpha value is 0.170. The van der Waals surface area contributed by atoms with E-state index in [1.165, 1.54) is 0 Å². The Morgan fingerprint density at radius 3 is 2.50 bits per heavy atom. The van der Waals surface area contributed by atoms with Crippen molar-refractivity contribution in [2.45, 2.75) is 63.9 Å². The Bertz CT molecular complexity index is 161. The number of nitrogens with one attached hydrogen (secondary N) is 1. The molecule has 0 bridgehead atoms. The number of halogens is 1. The van der Waals surface area contributed by atoms with Crippen LogP contribution in [0.5, 0.6) is 0 Å². The summed E-state index contributed by atoms with van der Waals surface area (Å²) in [6.07, 6.45) is 3.07. The maximum absolute atomic E-state index is 6.33. The van der Waals surface area contributed by atoms with Gasteiger partial charge in [0.1, 0.15) is 6.29 Å². The van der Waals surface area contributed by atoms with Crippen molar-refractivity contribution in [1.82, 2.24) is 10.2 Å². The van der Waals surface area contributed by atoms with E-state index in [4.69, 9.17) is 17.3 Å². The second-order valence-electron chi connectivity index (χ2n) is 4.10. The number of nitrogens with two attached hydrogens (primary N) is 1. The Labute approximate surface area is 92.0 Å². The van der Waals surface area contributed by atoms with E-state index in [2.05, 4.69) is 31.0 Å². The van der Waals surface area contributed by atoms with Gasteiger partial charge in [-0.15, -0.1) is 11.6 Å². The molecule has 1 saturated heterocycles. The lowest BCUT2D eigenvalue weighted by molar-refractivity contribution is 0.0438. The molecule has 3 nitrogen and oxygen atoms in total. The molecule has 0 amide bonds. The molecule has 1 heterocycles. The van der Waals surface area contributed by atoms with Crippen LogP contribution in [0.15, 0.2) is 0 Å². The van der Waals surface area contributed by atoms with Gasteiger partial charge in [0.05, 0.1) is 5.50 Å². The van der Waals surface area contributed by atoms with Crippen molar-refractivity contribution in [2.24, 2.45) is 5.73 Å². The van der Waals surface area contributed by atoms with Gasteiger partial charge >= 0.3 is 0 Å². The molecule has 0 radical (unpaired) electrons. The van der Waals surface area contributed by atoms with Crippen LogP contribution >= 0.6 is 11.6 Å². The predicted octanol–water partition coefficient (Wildman–Crippen LogP) is 1.67. The van der Waals surface area contributed by atoms with Gasteiger partial charge in [0.2, 0.25) is 0 Å². The summed E-state index contributed by atoms with van der Waals surface area (Å²) in [5.74, 6) is 0. The fraction of sp³-hybridized carbons (Fsp3) is 1.00. The van der Waals surface area contributed by atoms with Crippen molar-refractivity contribution in [3.8, 4) is 0 Å². The fourth-order valence-electron chi connectivity index (χ4n) is 2.20. The first kappa shape index (κ1) is 12.2. The summed E-state index contributed by atoms with van der Waals surface area (Å²) in [4.78, 5) is 2.20. The molecule has 4 heteroatoms. The standard InChI is InChI=1S/C10H22ClN3/c1-4-8(5-2)14-9(11)6-7(3)13-10(14)12/h7-10,13H,4-6,12H2,1-3H3. The molecule has 1 aliphatic heterocycles. The van der Waals surface area contributed by atoms with Crippen molar-refractivity contribution in [2.75, 3.05) is 0 Å². The van der Waals surface area contributed by atoms with Crippen LogP contribution in [0.4, 0.5) is 0 Å². The van der Waals surface area contributed by atoms with Crippen LogP contribution in [0.1, 0.15) is 40.0 Å². The van der Waals surface area contributed by atoms with E-state index in [0.29, 0.717) is 12.1 Å². The zero-order chi connectivity index (χ0) is 10.7. The molecular weight excluding hydrogens is 198 g/mol. The Balaban J connectivity index is 2.65. The van der Waals surface area contributed by atoms with Gasteiger partial charge in [0.25, 0.3) is 0 Å². The summed E-state index contributed by atoms with van der Waals surface area (Å²) >= 11 is 6.33. The molecule has 3 N–H and O–H groups in total. The van der Waals surface area contributed by atoms with Crippen molar-refractivity contribution >= 4 is 11.6 Å². The minimum Gasteiger partial charge on any atom is -0.303 e. The minimum absolute atomic E-state index is 0.0751. The molecule has 3 atom stereocenters. The van der Waals surface area contributed by atoms with E-state index in [1.807, 2.05) is 0 Å². The predicted molar refractivity (Wildman–Crippen MR) is 61.0 cm³/mol. The highest BCUT2D eigenvalue weighted by molar-refractivity contribution is 6.20. The van der Waals surface area contributed by atoms with Crippen LogP contribution in [0.25, 0.3) is 0 Å². The molecule has 0 saturated carbocycles. The van der Waals surface area contributed by atoms with Crippen LogP contribution in [-0.2, 0) is 0 Å². The molecule has 0 aromatic carbocycles. The molecule has 0 aromatic heterocycles. The van der Waals surface area contributed by atoms with E-state index in [9.17, 15) is 0 Å². The summed E-state index contributed by atoms with van der Waals surface area (Å²) in [7, 11) is 0. The molecule has 0 spiro atoms. The summed E-state index contributed by atoms with van der Waals surface area (Å²) in [6, 6.07) is 0.908. The average Bonchev–Trinajstić information content (AvgIpc) is 2.10. The lowest BCUT2D eigenvalue weighted by atomic mass is 10.1. The second-order valence-corrected chi connectivity index (χ2v) is 4.60. The minimum atomic E-state index is -0.0915. The van der Waals surface area contributed by atoms with Crippen molar-refractivity contribution in [1.29, 1.82) is 0 Å². The molecule has 0 aromatic rings. The molecule has 3 unspecified atom stereocenters. The summed E-state index contributed by atoms with van der Waals surface area (Å²) < 4.78 is 0. The molecule has 84 valence electrons. The van der Waals surface area contributed by atoms with Crippen LogP contribution in [0.2, 0.25) is 0 Å². The highest BCUT2D eigenvalue weighted by atomic mass is 35.5. The van der Waals surface area contributed by atoms with Crippen molar-refractivity contribution in [3.05, 3.63) is 0 Å². The van der Waals surface area contributed by atoms with E-state index in [0.717, 1.165) is 19.3 Å². The SMILES string of the molecule is CCC(CC)N1C(Cl)CC(C)NC1N. The third-order valence-corrected chi connectivity index (χ3v) is 3.42. The van der Waals surface area contributed by atoms with Crippen LogP contribution in [-0.4, -0.2) is 28.8 Å².